The molecule has 0 aliphatic heterocycles. The molecule has 0 aliphatic carbocycles. The maximum absolute atomic E-state index is 6.17. The molecule has 0 N–H and O–H groups in total. The molecule has 0 nitrogen and oxygen atoms in total. The summed E-state index contributed by atoms with van der Waals surface area (Å²) in [6.07, 6.45) is 2.11. The lowest BCUT2D eigenvalue weighted by molar-refractivity contribution is 0.583. The van der Waals surface area contributed by atoms with Crippen LogP contribution in [0.5, 0.6) is 0 Å². The summed E-state index contributed by atoms with van der Waals surface area (Å²) in [6, 6.07) is 15.5. The molecule has 106 valence electrons. The molecule has 0 aromatic heterocycles. The van der Waals surface area contributed by atoms with E-state index in [1.807, 2.05) is 0 Å². The molecular weight excluding hydrogens is 264 g/mol. The maximum atomic E-state index is 6.17. The van der Waals surface area contributed by atoms with E-state index >= 15 is 0 Å². The van der Waals surface area contributed by atoms with Gasteiger partial charge in [-0.2, -0.15) is 0 Å². The van der Waals surface area contributed by atoms with E-state index in [1.165, 1.54) is 27.8 Å². The highest BCUT2D eigenvalue weighted by molar-refractivity contribution is 6.18. The van der Waals surface area contributed by atoms with Crippen LogP contribution in [0.1, 0.15) is 27.8 Å². The Morgan fingerprint density at radius 2 is 1.40 bits per heavy atom. The first-order valence-electron chi connectivity index (χ1n) is 7.26. The van der Waals surface area contributed by atoms with E-state index in [0.29, 0.717) is 11.8 Å². The minimum atomic E-state index is 0.501. The van der Waals surface area contributed by atoms with Crippen LogP contribution in [0.25, 0.3) is 0 Å². The molecule has 0 aliphatic rings. The van der Waals surface area contributed by atoms with Gasteiger partial charge in [0.05, 0.1) is 0 Å². The van der Waals surface area contributed by atoms with Crippen LogP contribution in [0.4, 0.5) is 0 Å². The molecule has 1 atom stereocenters. The quantitative estimate of drug-likeness (QED) is 0.658. The molecule has 0 spiro atoms. The number of hydrogen-bond acceptors (Lipinski definition) is 0. The second-order valence-electron chi connectivity index (χ2n) is 5.83. The van der Waals surface area contributed by atoms with Crippen LogP contribution in [0.3, 0.4) is 0 Å². The smallest absolute Gasteiger partial charge is 0.0258 e. The van der Waals surface area contributed by atoms with Gasteiger partial charge in [-0.3, -0.25) is 0 Å². The largest absolute Gasteiger partial charge is 0.126 e. The molecule has 0 amide bonds. The fraction of sp³-hybridized carbons (Fsp3) is 0.368. The van der Waals surface area contributed by atoms with Crippen LogP contribution in [-0.2, 0) is 12.8 Å². The van der Waals surface area contributed by atoms with Gasteiger partial charge in [-0.05, 0) is 61.8 Å². The van der Waals surface area contributed by atoms with Crippen LogP contribution >= 0.6 is 11.6 Å². The van der Waals surface area contributed by atoms with Crippen molar-refractivity contribution in [2.75, 3.05) is 5.88 Å². The van der Waals surface area contributed by atoms with E-state index < -0.39 is 0 Å². The number of halogens is 1. The Hall–Kier alpha value is -1.27. The predicted molar refractivity (Wildman–Crippen MR) is 88.7 cm³/mol. The van der Waals surface area contributed by atoms with Gasteiger partial charge >= 0.3 is 0 Å². The van der Waals surface area contributed by atoms with Gasteiger partial charge in [-0.25, -0.2) is 0 Å². The lowest BCUT2D eigenvalue weighted by atomic mass is 9.92. The first-order chi connectivity index (χ1) is 9.58. The second-order valence-corrected chi connectivity index (χ2v) is 6.14. The Labute approximate surface area is 127 Å². The van der Waals surface area contributed by atoms with E-state index in [1.54, 1.807) is 0 Å². The highest BCUT2D eigenvalue weighted by Gasteiger charge is 2.10. The van der Waals surface area contributed by atoms with Gasteiger partial charge in [0.1, 0.15) is 0 Å². The Morgan fingerprint density at radius 3 is 2.00 bits per heavy atom. The molecular formula is C19H23Cl. The zero-order valence-corrected chi connectivity index (χ0v) is 13.4. The van der Waals surface area contributed by atoms with Gasteiger partial charge in [-0.15, -0.1) is 11.6 Å². The summed E-state index contributed by atoms with van der Waals surface area (Å²) in [5.74, 6) is 1.21. The van der Waals surface area contributed by atoms with E-state index in [2.05, 4.69) is 63.2 Å². The minimum Gasteiger partial charge on any atom is -0.126 e. The monoisotopic (exact) mass is 286 g/mol. The average molecular weight is 287 g/mol. The number of hydrogen-bond donors (Lipinski definition) is 0. The average Bonchev–Trinajstić information content (AvgIpc) is 2.44. The lowest BCUT2D eigenvalue weighted by Gasteiger charge is -2.15. The topological polar surface area (TPSA) is 0 Å². The predicted octanol–water partition coefficient (Wildman–Crippen LogP) is 5.25. The van der Waals surface area contributed by atoms with Crippen LogP contribution in [0, 0.1) is 26.7 Å². The Bertz CT molecular complexity index is 554. The molecule has 0 bridgehead atoms. The van der Waals surface area contributed by atoms with Crippen molar-refractivity contribution in [2.24, 2.45) is 5.92 Å². The van der Waals surface area contributed by atoms with Gasteiger partial charge in [0.25, 0.3) is 0 Å². The van der Waals surface area contributed by atoms with Crippen LogP contribution in [-0.4, -0.2) is 5.88 Å². The van der Waals surface area contributed by atoms with Crippen LogP contribution < -0.4 is 0 Å². The Morgan fingerprint density at radius 1 is 0.800 bits per heavy atom. The van der Waals surface area contributed by atoms with Gasteiger partial charge in [0.15, 0.2) is 0 Å². The third kappa shape index (κ3) is 4.11. The molecule has 2 aromatic rings. The van der Waals surface area contributed by atoms with Crippen LogP contribution in [0.2, 0.25) is 0 Å². The third-order valence-corrected chi connectivity index (χ3v) is 4.40. The molecule has 0 saturated heterocycles. The van der Waals surface area contributed by atoms with Gasteiger partial charge < -0.3 is 0 Å². The standard InChI is InChI=1S/C19H23Cl/c1-14-4-7-17(8-5-14)11-19(13-20)12-18-9-6-15(2)16(3)10-18/h4-10,19H,11-13H2,1-3H3. The summed E-state index contributed by atoms with van der Waals surface area (Å²) in [6.45, 7) is 6.46. The van der Waals surface area contributed by atoms with Crippen LogP contribution in [0.15, 0.2) is 42.5 Å². The van der Waals surface area contributed by atoms with Crippen molar-refractivity contribution in [3.05, 3.63) is 70.3 Å². The Balaban J connectivity index is 2.04. The van der Waals surface area contributed by atoms with Crippen molar-refractivity contribution in [1.29, 1.82) is 0 Å². The Kier molecular flexibility index (Phi) is 5.25. The maximum Gasteiger partial charge on any atom is 0.0258 e. The normalized spacial score (nSPS) is 12.4. The SMILES string of the molecule is Cc1ccc(CC(CCl)Cc2ccc(C)c(C)c2)cc1. The number of benzene rings is 2. The van der Waals surface area contributed by atoms with Crippen molar-refractivity contribution in [2.45, 2.75) is 33.6 Å². The molecule has 20 heavy (non-hydrogen) atoms. The highest BCUT2D eigenvalue weighted by atomic mass is 35.5. The highest BCUT2D eigenvalue weighted by Crippen LogP contribution is 2.19. The van der Waals surface area contributed by atoms with Crippen molar-refractivity contribution in [1.82, 2.24) is 0 Å². The summed E-state index contributed by atoms with van der Waals surface area (Å²) in [4.78, 5) is 0. The summed E-state index contributed by atoms with van der Waals surface area (Å²) < 4.78 is 0. The molecule has 1 heteroatoms. The van der Waals surface area contributed by atoms with Crippen molar-refractivity contribution >= 4 is 11.6 Å². The zero-order chi connectivity index (χ0) is 14.5. The number of rotatable bonds is 5. The van der Waals surface area contributed by atoms with Gasteiger partial charge in [0.2, 0.25) is 0 Å². The second kappa shape index (κ2) is 6.95. The van der Waals surface area contributed by atoms with E-state index in [0.717, 1.165) is 12.8 Å². The first kappa shape index (κ1) is 15.1. The molecule has 0 saturated carbocycles. The van der Waals surface area contributed by atoms with Crippen molar-refractivity contribution < 1.29 is 0 Å². The minimum absolute atomic E-state index is 0.501. The van der Waals surface area contributed by atoms with Crippen molar-refractivity contribution in [3.8, 4) is 0 Å². The zero-order valence-electron chi connectivity index (χ0n) is 12.6. The van der Waals surface area contributed by atoms with E-state index in [-0.39, 0.29) is 0 Å². The third-order valence-electron chi connectivity index (χ3n) is 3.96. The molecule has 0 radical (unpaired) electrons. The van der Waals surface area contributed by atoms with E-state index in [4.69, 9.17) is 11.6 Å². The lowest BCUT2D eigenvalue weighted by Crippen LogP contribution is -2.10. The van der Waals surface area contributed by atoms with Crippen molar-refractivity contribution in [3.63, 3.8) is 0 Å². The number of alkyl halides is 1. The fourth-order valence-corrected chi connectivity index (χ4v) is 2.72. The molecule has 0 heterocycles. The molecule has 1 unspecified atom stereocenters. The molecule has 2 aromatic carbocycles. The first-order valence-corrected chi connectivity index (χ1v) is 7.79. The van der Waals surface area contributed by atoms with E-state index in [9.17, 15) is 0 Å². The van der Waals surface area contributed by atoms with Gasteiger partial charge in [-0.1, -0.05) is 48.0 Å². The molecule has 0 fully saturated rings. The summed E-state index contributed by atoms with van der Waals surface area (Å²) in [7, 11) is 0. The summed E-state index contributed by atoms with van der Waals surface area (Å²) in [5.41, 5.74) is 6.81. The van der Waals surface area contributed by atoms with Gasteiger partial charge in [0, 0.05) is 5.88 Å². The molecule has 2 rings (SSSR count). The number of aryl methyl sites for hydroxylation is 3. The fourth-order valence-electron chi connectivity index (χ4n) is 2.50. The summed E-state index contributed by atoms with van der Waals surface area (Å²) in [5, 5.41) is 0. The summed E-state index contributed by atoms with van der Waals surface area (Å²) >= 11 is 6.17.